The van der Waals surface area contributed by atoms with Gasteiger partial charge >= 0.3 is 0 Å². The van der Waals surface area contributed by atoms with E-state index < -0.39 is 6.04 Å². The Morgan fingerprint density at radius 2 is 1.60 bits per heavy atom. The highest BCUT2D eigenvalue weighted by Gasteiger charge is 2.31. The molecule has 6 heteroatoms. The molecule has 0 aliphatic rings. The standard InChI is InChI=1S/C29H33ClN2O3/c1-4-22(3)31-29(34)27(18-23-11-7-5-8-12-23)32(19-24-13-9-6-10-14-24)28(33)20-35-25-15-16-26(30)21(2)17-25/h5-17,22,27H,4,18-20H2,1-3H3,(H,31,34)/t22-,27-/m1/s1. The topological polar surface area (TPSA) is 58.6 Å². The Hall–Kier alpha value is -3.31. The number of carbonyl (C=O) groups is 2. The molecular weight excluding hydrogens is 460 g/mol. The zero-order chi connectivity index (χ0) is 25.2. The van der Waals surface area contributed by atoms with E-state index in [0.29, 0.717) is 23.7 Å². The molecule has 0 heterocycles. The van der Waals surface area contributed by atoms with Crippen LogP contribution in [0.3, 0.4) is 0 Å². The summed E-state index contributed by atoms with van der Waals surface area (Å²) in [5, 5.41) is 3.71. The predicted octanol–water partition coefficient (Wildman–Crippen LogP) is 5.58. The van der Waals surface area contributed by atoms with Crippen LogP contribution in [0.1, 0.15) is 37.0 Å². The Kier molecular flexibility index (Phi) is 9.74. The first-order valence-electron chi connectivity index (χ1n) is 11.9. The van der Waals surface area contributed by atoms with Gasteiger partial charge in [0.1, 0.15) is 11.8 Å². The number of aryl methyl sites for hydroxylation is 1. The first-order chi connectivity index (χ1) is 16.9. The fourth-order valence-corrected chi connectivity index (χ4v) is 3.83. The predicted molar refractivity (Wildman–Crippen MR) is 141 cm³/mol. The molecule has 0 radical (unpaired) electrons. The molecule has 0 saturated heterocycles. The normalized spacial score (nSPS) is 12.5. The van der Waals surface area contributed by atoms with Crippen LogP contribution in [0.15, 0.2) is 78.9 Å². The number of rotatable bonds is 11. The highest BCUT2D eigenvalue weighted by atomic mass is 35.5. The lowest BCUT2D eigenvalue weighted by Crippen LogP contribution is -2.53. The summed E-state index contributed by atoms with van der Waals surface area (Å²) in [7, 11) is 0. The fourth-order valence-electron chi connectivity index (χ4n) is 3.71. The summed E-state index contributed by atoms with van der Waals surface area (Å²) >= 11 is 6.12. The van der Waals surface area contributed by atoms with Crippen LogP contribution in [-0.4, -0.2) is 35.4 Å². The van der Waals surface area contributed by atoms with Gasteiger partial charge in [0, 0.05) is 24.0 Å². The van der Waals surface area contributed by atoms with Crippen LogP contribution in [0.2, 0.25) is 5.02 Å². The van der Waals surface area contributed by atoms with Crippen molar-refractivity contribution in [1.82, 2.24) is 10.2 Å². The summed E-state index contributed by atoms with van der Waals surface area (Å²) in [6.07, 6.45) is 1.21. The van der Waals surface area contributed by atoms with Gasteiger partial charge in [-0.1, -0.05) is 79.2 Å². The van der Waals surface area contributed by atoms with Gasteiger partial charge in [-0.3, -0.25) is 9.59 Å². The van der Waals surface area contributed by atoms with Gasteiger partial charge in [-0.05, 0) is 55.2 Å². The molecule has 0 saturated carbocycles. The van der Waals surface area contributed by atoms with Crippen molar-refractivity contribution in [2.75, 3.05) is 6.61 Å². The van der Waals surface area contributed by atoms with Gasteiger partial charge < -0.3 is 15.0 Å². The summed E-state index contributed by atoms with van der Waals surface area (Å²) in [6, 6.07) is 24.1. The maximum atomic E-state index is 13.6. The molecule has 0 spiro atoms. The van der Waals surface area contributed by atoms with Gasteiger partial charge in [0.25, 0.3) is 5.91 Å². The van der Waals surface area contributed by atoms with Crippen LogP contribution < -0.4 is 10.1 Å². The largest absolute Gasteiger partial charge is 0.484 e. The number of amides is 2. The van der Waals surface area contributed by atoms with E-state index >= 15 is 0 Å². The second-order valence-corrected chi connectivity index (χ2v) is 9.14. The first kappa shape index (κ1) is 26.3. The highest BCUT2D eigenvalue weighted by Crippen LogP contribution is 2.22. The number of ether oxygens (including phenoxy) is 1. The van der Waals surface area contributed by atoms with E-state index in [1.807, 2.05) is 81.4 Å². The smallest absolute Gasteiger partial charge is 0.261 e. The van der Waals surface area contributed by atoms with Crippen molar-refractivity contribution in [1.29, 1.82) is 0 Å². The van der Waals surface area contributed by atoms with Crippen molar-refractivity contribution >= 4 is 23.4 Å². The van der Waals surface area contributed by atoms with Crippen LogP contribution in [0.25, 0.3) is 0 Å². The zero-order valence-corrected chi connectivity index (χ0v) is 21.3. The van der Waals surface area contributed by atoms with E-state index in [0.717, 1.165) is 23.1 Å². The molecule has 0 unspecified atom stereocenters. The van der Waals surface area contributed by atoms with E-state index in [2.05, 4.69) is 5.32 Å². The first-order valence-corrected chi connectivity index (χ1v) is 12.3. The Balaban J connectivity index is 1.89. The Bertz CT molecular complexity index is 1110. The quantitative estimate of drug-likeness (QED) is 0.380. The minimum Gasteiger partial charge on any atom is -0.484 e. The van der Waals surface area contributed by atoms with Crippen molar-refractivity contribution in [3.63, 3.8) is 0 Å². The van der Waals surface area contributed by atoms with Gasteiger partial charge in [-0.15, -0.1) is 0 Å². The monoisotopic (exact) mass is 492 g/mol. The molecule has 3 rings (SSSR count). The second-order valence-electron chi connectivity index (χ2n) is 8.73. The van der Waals surface area contributed by atoms with E-state index in [4.69, 9.17) is 16.3 Å². The molecule has 184 valence electrons. The summed E-state index contributed by atoms with van der Waals surface area (Å²) < 4.78 is 5.82. The number of carbonyl (C=O) groups excluding carboxylic acids is 2. The second kappa shape index (κ2) is 13.0. The maximum Gasteiger partial charge on any atom is 0.261 e. The average molecular weight is 493 g/mol. The SMILES string of the molecule is CC[C@@H](C)NC(=O)[C@@H](Cc1ccccc1)N(Cc1ccccc1)C(=O)COc1ccc(Cl)c(C)c1. The molecule has 0 fully saturated rings. The maximum absolute atomic E-state index is 13.6. The van der Waals surface area contributed by atoms with E-state index in [1.54, 1.807) is 23.1 Å². The van der Waals surface area contributed by atoms with E-state index in [-0.39, 0.29) is 24.5 Å². The molecule has 3 aromatic carbocycles. The number of benzene rings is 3. The summed E-state index contributed by atoms with van der Waals surface area (Å²) in [6.45, 7) is 5.98. The molecular formula is C29H33ClN2O3. The zero-order valence-electron chi connectivity index (χ0n) is 20.5. The van der Waals surface area contributed by atoms with Gasteiger partial charge in [-0.25, -0.2) is 0 Å². The lowest BCUT2D eigenvalue weighted by molar-refractivity contribution is -0.143. The summed E-state index contributed by atoms with van der Waals surface area (Å²) in [5.41, 5.74) is 2.79. The van der Waals surface area contributed by atoms with Crippen molar-refractivity contribution in [3.05, 3.63) is 101 Å². The number of nitrogens with zero attached hydrogens (tertiary/aromatic N) is 1. The fraction of sp³-hybridized carbons (Fsp3) is 0.310. The van der Waals surface area contributed by atoms with Crippen LogP contribution >= 0.6 is 11.6 Å². The lowest BCUT2D eigenvalue weighted by Gasteiger charge is -2.32. The van der Waals surface area contributed by atoms with E-state index in [9.17, 15) is 9.59 Å². The third kappa shape index (κ3) is 7.86. The minimum absolute atomic E-state index is 0.00254. The Morgan fingerprint density at radius 3 is 2.20 bits per heavy atom. The molecule has 0 bridgehead atoms. The van der Waals surface area contributed by atoms with Gasteiger partial charge in [0.15, 0.2) is 6.61 Å². The highest BCUT2D eigenvalue weighted by molar-refractivity contribution is 6.31. The Morgan fingerprint density at radius 1 is 0.971 bits per heavy atom. The van der Waals surface area contributed by atoms with Gasteiger partial charge in [0.2, 0.25) is 5.91 Å². The molecule has 5 nitrogen and oxygen atoms in total. The lowest BCUT2D eigenvalue weighted by atomic mass is 10.0. The molecule has 1 N–H and O–H groups in total. The molecule has 0 aromatic heterocycles. The van der Waals surface area contributed by atoms with Crippen LogP contribution in [0.4, 0.5) is 0 Å². The minimum atomic E-state index is -0.685. The summed E-state index contributed by atoms with van der Waals surface area (Å²) in [4.78, 5) is 28.6. The third-order valence-corrected chi connectivity index (χ3v) is 6.38. The number of halogens is 1. The third-order valence-electron chi connectivity index (χ3n) is 5.96. The van der Waals surface area contributed by atoms with Crippen molar-refractivity contribution in [2.45, 2.75) is 52.2 Å². The van der Waals surface area contributed by atoms with Gasteiger partial charge in [0.05, 0.1) is 0 Å². The van der Waals surface area contributed by atoms with Crippen LogP contribution in [0, 0.1) is 6.92 Å². The molecule has 3 aromatic rings. The number of nitrogens with one attached hydrogen (secondary N) is 1. The van der Waals surface area contributed by atoms with E-state index in [1.165, 1.54) is 0 Å². The number of hydrogen-bond donors (Lipinski definition) is 1. The van der Waals surface area contributed by atoms with Crippen LogP contribution in [0.5, 0.6) is 5.75 Å². The van der Waals surface area contributed by atoms with Crippen molar-refractivity contribution < 1.29 is 14.3 Å². The van der Waals surface area contributed by atoms with Crippen LogP contribution in [-0.2, 0) is 22.6 Å². The molecule has 0 aliphatic carbocycles. The Labute approximate surface area is 213 Å². The molecule has 0 aliphatic heterocycles. The average Bonchev–Trinajstić information content (AvgIpc) is 2.87. The van der Waals surface area contributed by atoms with Gasteiger partial charge in [-0.2, -0.15) is 0 Å². The molecule has 2 atom stereocenters. The summed E-state index contributed by atoms with van der Waals surface area (Å²) in [5.74, 6) is 0.125. The van der Waals surface area contributed by atoms with Crippen molar-refractivity contribution in [3.8, 4) is 5.75 Å². The molecule has 2 amide bonds. The van der Waals surface area contributed by atoms with Crippen molar-refractivity contribution in [2.24, 2.45) is 0 Å². The molecule has 35 heavy (non-hydrogen) atoms. The number of hydrogen-bond acceptors (Lipinski definition) is 3.